The maximum atomic E-state index is 13.0. The van der Waals surface area contributed by atoms with Crippen molar-refractivity contribution in [1.29, 1.82) is 0 Å². The Kier molecular flexibility index (Phi) is 5.84. The number of carbonyl (C=O) groups is 1. The monoisotopic (exact) mass is 425 g/mol. The summed E-state index contributed by atoms with van der Waals surface area (Å²) in [6.07, 6.45) is 1.53. The maximum absolute atomic E-state index is 13.0. The highest BCUT2D eigenvalue weighted by Crippen LogP contribution is 2.37. The van der Waals surface area contributed by atoms with E-state index in [1.807, 2.05) is 18.2 Å². The van der Waals surface area contributed by atoms with Gasteiger partial charge in [0.05, 0.1) is 0 Å². The first kappa shape index (κ1) is 21.5. The van der Waals surface area contributed by atoms with Crippen LogP contribution in [0.4, 0.5) is 0 Å². The minimum Gasteiger partial charge on any atom is -0.504 e. The lowest BCUT2D eigenvalue weighted by atomic mass is 9.85. The first-order valence-corrected chi connectivity index (χ1v) is 10.9. The minimum absolute atomic E-state index is 0.0262. The average molecular weight is 426 g/mol. The Morgan fingerprint density at radius 2 is 1.71 bits per heavy atom. The van der Waals surface area contributed by atoms with Gasteiger partial charge in [-0.15, -0.1) is 0 Å². The van der Waals surface area contributed by atoms with Crippen molar-refractivity contribution in [3.05, 3.63) is 47.0 Å². The lowest BCUT2D eigenvalue weighted by Crippen LogP contribution is -2.36. The molecule has 2 aromatic carbocycles. The van der Waals surface area contributed by atoms with Gasteiger partial charge in [0.25, 0.3) is 0 Å². The lowest BCUT2D eigenvalue weighted by molar-refractivity contribution is 0.0833. The number of piperidine rings is 1. The van der Waals surface area contributed by atoms with Crippen LogP contribution in [0.3, 0.4) is 0 Å². The van der Waals surface area contributed by atoms with Crippen LogP contribution in [0.25, 0.3) is 0 Å². The summed E-state index contributed by atoms with van der Waals surface area (Å²) in [6, 6.07) is 9.04. The summed E-state index contributed by atoms with van der Waals surface area (Å²) in [5, 5.41) is 20.5. The molecular weight excluding hydrogens is 394 g/mol. The van der Waals surface area contributed by atoms with Crippen molar-refractivity contribution < 1.29 is 24.5 Å². The molecule has 0 aliphatic carbocycles. The summed E-state index contributed by atoms with van der Waals surface area (Å²) >= 11 is 0. The van der Waals surface area contributed by atoms with Crippen LogP contribution in [0.5, 0.6) is 23.0 Å². The minimum atomic E-state index is -0.122. The number of rotatable bonds is 4. The standard InChI is InChI=1S/C25H31NO5/c1-25(2,3)19-12-18(24(29)20(27)14-19)15-26-8-6-16(7-9-26)23(28)17-4-5-21-22(13-17)31-11-10-30-21/h4-5,12-14,16,27,29H,6-11,15H2,1-3H3. The number of hydrogen-bond acceptors (Lipinski definition) is 6. The van der Waals surface area contributed by atoms with Crippen molar-refractivity contribution in [3.63, 3.8) is 0 Å². The van der Waals surface area contributed by atoms with Crippen LogP contribution in [-0.2, 0) is 12.0 Å². The average Bonchev–Trinajstić information content (AvgIpc) is 2.75. The second-order valence-electron chi connectivity index (χ2n) is 9.53. The number of ketones is 1. The van der Waals surface area contributed by atoms with Crippen molar-refractivity contribution in [2.24, 2.45) is 5.92 Å². The van der Waals surface area contributed by atoms with Crippen LogP contribution in [0.15, 0.2) is 30.3 Å². The molecule has 1 fully saturated rings. The molecule has 0 radical (unpaired) electrons. The number of ether oxygens (including phenoxy) is 2. The zero-order valence-corrected chi connectivity index (χ0v) is 18.5. The normalized spacial score (nSPS) is 17.5. The largest absolute Gasteiger partial charge is 0.504 e. The number of fused-ring (bicyclic) bond motifs is 1. The molecule has 0 unspecified atom stereocenters. The van der Waals surface area contributed by atoms with E-state index in [4.69, 9.17) is 9.47 Å². The van der Waals surface area contributed by atoms with Crippen LogP contribution in [-0.4, -0.2) is 47.2 Å². The fraction of sp³-hybridized carbons (Fsp3) is 0.480. The third kappa shape index (κ3) is 4.64. The topological polar surface area (TPSA) is 79.2 Å². The molecule has 0 bridgehead atoms. The van der Waals surface area contributed by atoms with Crippen molar-refractivity contribution in [3.8, 4) is 23.0 Å². The van der Waals surface area contributed by atoms with E-state index in [9.17, 15) is 15.0 Å². The molecule has 166 valence electrons. The predicted octanol–water partition coefficient (Wildman–Crippen LogP) is 4.26. The van der Waals surface area contributed by atoms with Crippen molar-refractivity contribution in [2.75, 3.05) is 26.3 Å². The van der Waals surface area contributed by atoms with Crippen LogP contribution in [0.2, 0.25) is 0 Å². The summed E-state index contributed by atoms with van der Waals surface area (Å²) in [6.45, 7) is 9.36. The number of hydrogen-bond donors (Lipinski definition) is 2. The van der Waals surface area contributed by atoms with E-state index in [1.165, 1.54) is 0 Å². The quantitative estimate of drug-likeness (QED) is 0.563. The van der Waals surface area contributed by atoms with Crippen molar-refractivity contribution in [1.82, 2.24) is 4.90 Å². The number of aromatic hydroxyl groups is 2. The molecular formula is C25H31NO5. The van der Waals surface area contributed by atoms with Crippen molar-refractivity contribution in [2.45, 2.75) is 45.6 Å². The Labute approximate surface area is 183 Å². The number of phenols is 2. The highest BCUT2D eigenvalue weighted by Gasteiger charge is 2.28. The zero-order chi connectivity index (χ0) is 22.2. The third-order valence-corrected chi connectivity index (χ3v) is 6.21. The van der Waals surface area contributed by atoms with Gasteiger partial charge in [-0.1, -0.05) is 26.8 Å². The number of phenolic OH excluding ortho intramolecular Hbond substituents is 2. The van der Waals surface area contributed by atoms with Crippen molar-refractivity contribution >= 4 is 5.78 Å². The van der Waals surface area contributed by atoms with Crippen LogP contribution in [0.1, 0.15) is 55.1 Å². The maximum Gasteiger partial charge on any atom is 0.166 e. The molecule has 0 spiro atoms. The molecule has 1 saturated heterocycles. The Morgan fingerprint density at radius 3 is 2.39 bits per heavy atom. The summed E-state index contributed by atoms with van der Waals surface area (Å²) in [5.41, 5.74) is 2.26. The summed E-state index contributed by atoms with van der Waals surface area (Å²) in [4.78, 5) is 15.2. The number of carbonyl (C=O) groups excluding carboxylic acids is 1. The van der Waals surface area contributed by atoms with E-state index in [2.05, 4.69) is 25.7 Å². The number of benzene rings is 2. The molecule has 0 aromatic heterocycles. The fourth-order valence-corrected chi connectivity index (χ4v) is 4.26. The second-order valence-corrected chi connectivity index (χ2v) is 9.53. The van der Waals surface area contributed by atoms with Gasteiger partial charge in [0.15, 0.2) is 28.8 Å². The smallest absolute Gasteiger partial charge is 0.166 e. The van der Waals surface area contributed by atoms with Gasteiger partial charge in [-0.3, -0.25) is 9.69 Å². The summed E-state index contributed by atoms with van der Waals surface area (Å²) in [5.74, 6) is 1.32. The number of nitrogens with zero attached hydrogens (tertiary/aromatic N) is 1. The molecule has 6 heteroatoms. The van der Waals surface area contributed by atoms with E-state index in [0.717, 1.165) is 37.1 Å². The van der Waals surface area contributed by atoms with Gasteiger partial charge < -0.3 is 19.7 Å². The molecule has 2 aliphatic heterocycles. The highest BCUT2D eigenvalue weighted by atomic mass is 16.6. The van der Waals surface area contributed by atoms with Gasteiger partial charge >= 0.3 is 0 Å². The molecule has 0 atom stereocenters. The van der Waals surface area contributed by atoms with Crippen LogP contribution in [0, 0.1) is 5.92 Å². The molecule has 4 rings (SSSR count). The Bertz CT molecular complexity index is 971. The van der Waals surface area contributed by atoms with E-state index >= 15 is 0 Å². The summed E-state index contributed by atoms with van der Waals surface area (Å²) in [7, 11) is 0. The Morgan fingerprint density at radius 1 is 1.03 bits per heavy atom. The Balaban J connectivity index is 1.40. The predicted molar refractivity (Wildman–Crippen MR) is 118 cm³/mol. The van der Waals surface area contributed by atoms with Crippen LogP contribution < -0.4 is 9.47 Å². The van der Waals surface area contributed by atoms with E-state index in [1.54, 1.807) is 12.1 Å². The van der Waals surface area contributed by atoms with E-state index < -0.39 is 0 Å². The number of likely N-dealkylation sites (tertiary alicyclic amines) is 1. The SMILES string of the molecule is CC(C)(C)c1cc(O)c(O)c(CN2CCC(C(=O)c3ccc4c(c3)OCCO4)CC2)c1. The van der Waals surface area contributed by atoms with Gasteiger partial charge in [-0.2, -0.15) is 0 Å². The second kappa shape index (κ2) is 8.42. The lowest BCUT2D eigenvalue weighted by Gasteiger charge is -2.32. The van der Waals surface area contributed by atoms with E-state index in [-0.39, 0.29) is 28.6 Å². The van der Waals surface area contributed by atoms with Gasteiger partial charge in [0, 0.05) is 23.6 Å². The van der Waals surface area contributed by atoms with Crippen LogP contribution >= 0.6 is 0 Å². The molecule has 2 aromatic rings. The van der Waals surface area contributed by atoms with Gasteiger partial charge in [-0.05, 0) is 61.2 Å². The Hall–Kier alpha value is -2.73. The molecule has 31 heavy (non-hydrogen) atoms. The zero-order valence-electron chi connectivity index (χ0n) is 18.5. The summed E-state index contributed by atoms with van der Waals surface area (Å²) < 4.78 is 11.2. The van der Waals surface area contributed by atoms with Gasteiger partial charge in [0.1, 0.15) is 13.2 Å². The van der Waals surface area contributed by atoms with Gasteiger partial charge in [0.2, 0.25) is 0 Å². The molecule has 2 heterocycles. The first-order chi connectivity index (χ1) is 14.7. The molecule has 0 saturated carbocycles. The van der Waals surface area contributed by atoms with E-state index in [0.29, 0.717) is 36.8 Å². The molecule has 0 amide bonds. The molecule has 6 nitrogen and oxygen atoms in total. The van der Waals surface area contributed by atoms with Gasteiger partial charge in [-0.25, -0.2) is 0 Å². The number of Topliss-reactive ketones (excluding diaryl/α,β-unsaturated/α-hetero) is 1. The fourth-order valence-electron chi connectivity index (χ4n) is 4.26. The molecule has 2 N–H and O–H groups in total. The molecule has 2 aliphatic rings. The third-order valence-electron chi connectivity index (χ3n) is 6.21. The highest BCUT2D eigenvalue weighted by molar-refractivity contribution is 5.98. The first-order valence-electron chi connectivity index (χ1n) is 10.9.